The molecule has 22 heavy (non-hydrogen) atoms. The first kappa shape index (κ1) is 14.3. The van der Waals surface area contributed by atoms with Crippen LogP contribution in [0.2, 0.25) is 0 Å². The largest absolute Gasteiger partial charge is 0.298 e. The summed E-state index contributed by atoms with van der Waals surface area (Å²) >= 11 is 0. The van der Waals surface area contributed by atoms with Gasteiger partial charge in [0.15, 0.2) is 6.29 Å². The lowest BCUT2D eigenvalue weighted by Crippen LogP contribution is -2.03. The predicted octanol–water partition coefficient (Wildman–Crippen LogP) is 3.02. The quantitative estimate of drug-likeness (QED) is 0.550. The molecule has 1 aromatic heterocycles. The Morgan fingerprint density at radius 3 is 2.41 bits per heavy atom. The number of hydrogen-bond acceptors (Lipinski definition) is 4. The normalized spacial score (nSPS) is 11.5. The zero-order valence-corrected chi connectivity index (χ0v) is 12.0. The summed E-state index contributed by atoms with van der Waals surface area (Å²) in [5, 5.41) is 0.549. The minimum atomic E-state index is -3.78. The third-order valence-electron chi connectivity index (χ3n) is 3.28. The molecule has 0 N–H and O–H groups in total. The van der Waals surface area contributed by atoms with Crippen LogP contribution in [0.4, 0.5) is 4.39 Å². The van der Waals surface area contributed by atoms with E-state index in [2.05, 4.69) is 4.98 Å². The maximum atomic E-state index is 12.9. The SMILES string of the molecule is O=Cc1cccc2cc(S(=O)(=O)c3ccc(F)cc3)cnc12. The van der Waals surface area contributed by atoms with Crippen molar-refractivity contribution < 1.29 is 17.6 Å². The number of halogens is 1. The zero-order chi connectivity index (χ0) is 15.7. The van der Waals surface area contributed by atoms with E-state index >= 15 is 0 Å². The van der Waals surface area contributed by atoms with Crippen molar-refractivity contribution in [3.05, 3.63) is 66.1 Å². The van der Waals surface area contributed by atoms with Gasteiger partial charge in [0, 0.05) is 17.1 Å². The third-order valence-corrected chi connectivity index (χ3v) is 5.01. The van der Waals surface area contributed by atoms with Crippen molar-refractivity contribution in [2.45, 2.75) is 9.79 Å². The first-order valence-electron chi connectivity index (χ1n) is 6.37. The van der Waals surface area contributed by atoms with Crippen molar-refractivity contribution >= 4 is 27.0 Å². The maximum Gasteiger partial charge on any atom is 0.208 e. The van der Waals surface area contributed by atoms with Gasteiger partial charge >= 0.3 is 0 Å². The highest BCUT2D eigenvalue weighted by atomic mass is 32.2. The molecule has 3 aromatic rings. The van der Waals surface area contributed by atoms with Crippen LogP contribution in [0.25, 0.3) is 10.9 Å². The number of sulfone groups is 1. The number of fused-ring (bicyclic) bond motifs is 1. The Bertz CT molecular complexity index is 966. The number of benzene rings is 2. The van der Waals surface area contributed by atoms with Gasteiger partial charge in [0.2, 0.25) is 9.84 Å². The molecule has 0 radical (unpaired) electrons. The Kier molecular flexibility index (Phi) is 3.46. The number of hydrogen-bond donors (Lipinski definition) is 0. The topological polar surface area (TPSA) is 64.1 Å². The second kappa shape index (κ2) is 5.31. The summed E-state index contributed by atoms with van der Waals surface area (Å²) in [4.78, 5) is 15.0. The molecular formula is C16H10FNO3S. The van der Waals surface area contributed by atoms with Crippen molar-refractivity contribution in [3.8, 4) is 0 Å². The molecule has 0 aliphatic carbocycles. The van der Waals surface area contributed by atoms with Crippen molar-refractivity contribution in [1.29, 1.82) is 0 Å². The van der Waals surface area contributed by atoms with Gasteiger partial charge in [0.25, 0.3) is 0 Å². The lowest BCUT2D eigenvalue weighted by Gasteiger charge is -2.06. The number of aldehydes is 1. The number of carbonyl (C=O) groups is 1. The summed E-state index contributed by atoms with van der Waals surface area (Å²) in [7, 11) is -3.78. The average molecular weight is 315 g/mol. The van der Waals surface area contributed by atoms with E-state index in [1.807, 2.05) is 0 Å². The van der Waals surface area contributed by atoms with E-state index in [0.29, 0.717) is 22.8 Å². The van der Waals surface area contributed by atoms with E-state index in [1.54, 1.807) is 18.2 Å². The molecule has 110 valence electrons. The highest BCUT2D eigenvalue weighted by molar-refractivity contribution is 7.91. The number of rotatable bonds is 3. The lowest BCUT2D eigenvalue weighted by molar-refractivity contribution is 0.112. The maximum absolute atomic E-state index is 12.9. The molecule has 1 heterocycles. The third kappa shape index (κ3) is 2.37. The highest BCUT2D eigenvalue weighted by Gasteiger charge is 2.19. The van der Waals surface area contributed by atoms with Gasteiger partial charge in [-0.2, -0.15) is 0 Å². The van der Waals surface area contributed by atoms with Gasteiger partial charge in [-0.05, 0) is 36.4 Å². The van der Waals surface area contributed by atoms with Crippen LogP contribution in [0, 0.1) is 5.82 Å². The van der Waals surface area contributed by atoms with Crippen molar-refractivity contribution in [2.24, 2.45) is 0 Å². The number of pyridine rings is 1. The molecule has 2 aromatic carbocycles. The Hall–Kier alpha value is -2.60. The van der Waals surface area contributed by atoms with E-state index < -0.39 is 15.7 Å². The molecule has 0 spiro atoms. The number of carbonyl (C=O) groups excluding carboxylic acids is 1. The van der Waals surface area contributed by atoms with E-state index in [0.717, 1.165) is 12.1 Å². The minimum absolute atomic E-state index is 0.00495. The average Bonchev–Trinajstić information content (AvgIpc) is 2.54. The number of nitrogens with zero attached hydrogens (tertiary/aromatic N) is 1. The van der Waals surface area contributed by atoms with Crippen molar-refractivity contribution in [2.75, 3.05) is 0 Å². The molecule has 4 nitrogen and oxygen atoms in total. The van der Waals surface area contributed by atoms with Gasteiger partial charge in [0.05, 0.1) is 15.3 Å². The van der Waals surface area contributed by atoms with Crippen LogP contribution in [-0.2, 0) is 9.84 Å². The van der Waals surface area contributed by atoms with Gasteiger partial charge in [-0.25, -0.2) is 12.8 Å². The molecule has 0 amide bonds. The van der Waals surface area contributed by atoms with Gasteiger partial charge in [-0.3, -0.25) is 9.78 Å². The Labute approximate surface area is 126 Å². The molecule has 0 unspecified atom stereocenters. The van der Waals surface area contributed by atoms with E-state index in [1.165, 1.54) is 24.4 Å². The molecule has 0 aliphatic heterocycles. The summed E-state index contributed by atoms with van der Waals surface area (Å²) in [6, 6.07) is 11.0. The van der Waals surface area contributed by atoms with Gasteiger partial charge < -0.3 is 0 Å². The molecule has 6 heteroatoms. The molecule has 0 saturated carbocycles. The molecule has 0 bridgehead atoms. The molecule has 0 atom stereocenters. The Morgan fingerprint density at radius 2 is 1.73 bits per heavy atom. The highest BCUT2D eigenvalue weighted by Crippen LogP contribution is 2.24. The summed E-state index contributed by atoms with van der Waals surface area (Å²) in [6.45, 7) is 0. The second-order valence-electron chi connectivity index (χ2n) is 4.67. The van der Waals surface area contributed by atoms with Gasteiger partial charge in [0.1, 0.15) is 5.82 Å². The van der Waals surface area contributed by atoms with Crippen LogP contribution in [0.15, 0.2) is 64.5 Å². The van der Waals surface area contributed by atoms with Crippen LogP contribution in [0.3, 0.4) is 0 Å². The van der Waals surface area contributed by atoms with E-state index in [-0.39, 0.29) is 9.79 Å². The van der Waals surface area contributed by atoms with Gasteiger partial charge in [-0.1, -0.05) is 12.1 Å². The standard InChI is InChI=1S/C16H10FNO3S/c17-13-4-6-14(7-5-13)22(20,21)15-8-11-2-1-3-12(10-19)16(11)18-9-15/h1-10H. The van der Waals surface area contributed by atoms with Crippen LogP contribution in [0.5, 0.6) is 0 Å². The van der Waals surface area contributed by atoms with E-state index in [4.69, 9.17) is 0 Å². The monoisotopic (exact) mass is 315 g/mol. The molecule has 0 fully saturated rings. The number of para-hydroxylation sites is 1. The summed E-state index contributed by atoms with van der Waals surface area (Å²) < 4.78 is 38.0. The second-order valence-corrected chi connectivity index (χ2v) is 6.61. The van der Waals surface area contributed by atoms with Crippen LogP contribution >= 0.6 is 0 Å². The minimum Gasteiger partial charge on any atom is -0.298 e. The van der Waals surface area contributed by atoms with Crippen LogP contribution < -0.4 is 0 Å². The van der Waals surface area contributed by atoms with Crippen LogP contribution in [-0.4, -0.2) is 19.7 Å². The fourth-order valence-corrected chi connectivity index (χ4v) is 3.40. The van der Waals surface area contributed by atoms with Crippen molar-refractivity contribution in [1.82, 2.24) is 4.98 Å². The van der Waals surface area contributed by atoms with Crippen molar-refractivity contribution in [3.63, 3.8) is 0 Å². The van der Waals surface area contributed by atoms with Gasteiger partial charge in [-0.15, -0.1) is 0 Å². The predicted molar refractivity (Wildman–Crippen MR) is 79.0 cm³/mol. The summed E-state index contributed by atoms with van der Waals surface area (Å²) in [5.74, 6) is -0.508. The fourth-order valence-electron chi connectivity index (χ4n) is 2.16. The molecule has 0 saturated heterocycles. The summed E-state index contributed by atoms with van der Waals surface area (Å²) in [5.41, 5.74) is 0.832. The number of aromatic nitrogens is 1. The Morgan fingerprint density at radius 1 is 1.00 bits per heavy atom. The molecule has 0 aliphatic rings. The smallest absolute Gasteiger partial charge is 0.208 e. The molecular weight excluding hydrogens is 305 g/mol. The Balaban J connectivity index is 2.17. The first-order chi connectivity index (χ1) is 10.5. The summed E-state index contributed by atoms with van der Waals surface area (Å²) in [6.07, 6.45) is 1.87. The fraction of sp³-hybridized carbons (Fsp3) is 0. The zero-order valence-electron chi connectivity index (χ0n) is 11.2. The van der Waals surface area contributed by atoms with E-state index in [9.17, 15) is 17.6 Å². The van der Waals surface area contributed by atoms with Crippen LogP contribution in [0.1, 0.15) is 10.4 Å². The first-order valence-corrected chi connectivity index (χ1v) is 7.85. The lowest BCUT2D eigenvalue weighted by atomic mass is 10.1. The molecule has 3 rings (SSSR count).